The topological polar surface area (TPSA) is 0 Å². The van der Waals surface area contributed by atoms with E-state index in [2.05, 4.69) is 36.5 Å². The SMILES string of the molecule is C1=C/C=C\CCC=C1.[Ru]. The van der Waals surface area contributed by atoms with E-state index in [-0.39, 0.29) is 19.5 Å². The summed E-state index contributed by atoms with van der Waals surface area (Å²) in [4.78, 5) is 0. The zero-order valence-corrected chi connectivity index (χ0v) is 6.97. The molecule has 0 aliphatic heterocycles. The first-order chi connectivity index (χ1) is 4.00. The summed E-state index contributed by atoms with van der Waals surface area (Å²) < 4.78 is 0. The maximum Gasteiger partial charge on any atom is 0 e. The molecule has 0 N–H and O–H groups in total. The van der Waals surface area contributed by atoms with Gasteiger partial charge in [0.1, 0.15) is 0 Å². The molecular formula is C8H10Ru. The van der Waals surface area contributed by atoms with Gasteiger partial charge in [0.15, 0.2) is 0 Å². The van der Waals surface area contributed by atoms with Gasteiger partial charge in [0.25, 0.3) is 0 Å². The van der Waals surface area contributed by atoms with E-state index in [4.69, 9.17) is 0 Å². The van der Waals surface area contributed by atoms with Gasteiger partial charge in [-0.15, -0.1) is 0 Å². The minimum Gasteiger partial charge on any atom is -0.0842 e. The summed E-state index contributed by atoms with van der Waals surface area (Å²) in [5, 5.41) is 0. The molecule has 0 heterocycles. The van der Waals surface area contributed by atoms with Gasteiger partial charge in [0.2, 0.25) is 0 Å². The fraction of sp³-hybridized carbons (Fsp3) is 0.250. The van der Waals surface area contributed by atoms with Crippen molar-refractivity contribution in [2.45, 2.75) is 12.8 Å². The zero-order valence-electron chi connectivity index (χ0n) is 5.23. The Hall–Kier alpha value is -0.157. The molecule has 0 spiro atoms. The smallest absolute Gasteiger partial charge is 0 e. The minimum absolute atomic E-state index is 0. The summed E-state index contributed by atoms with van der Waals surface area (Å²) in [6.07, 6.45) is 15.0. The van der Waals surface area contributed by atoms with E-state index in [0.29, 0.717) is 0 Å². The van der Waals surface area contributed by atoms with Gasteiger partial charge < -0.3 is 0 Å². The third-order valence-electron chi connectivity index (χ3n) is 1.11. The number of hydrogen-bond acceptors (Lipinski definition) is 0. The maximum absolute atomic E-state index is 2.18. The first-order valence-corrected chi connectivity index (χ1v) is 2.98. The largest absolute Gasteiger partial charge is 0.0842 e. The first kappa shape index (κ1) is 8.84. The molecule has 1 heteroatoms. The number of rotatable bonds is 0. The van der Waals surface area contributed by atoms with Gasteiger partial charge in [-0.3, -0.25) is 0 Å². The van der Waals surface area contributed by atoms with Crippen LogP contribution in [0.2, 0.25) is 0 Å². The Kier molecular flexibility index (Phi) is 5.87. The van der Waals surface area contributed by atoms with Crippen molar-refractivity contribution < 1.29 is 19.5 Å². The molecule has 0 bridgehead atoms. The molecule has 1 aliphatic carbocycles. The van der Waals surface area contributed by atoms with Crippen LogP contribution in [0.15, 0.2) is 36.5 Å². The molecule has 50 valence electrons. The summed E-state index contributed by atoms with van der Waals surface area (Å²) in [6.45, 7) is 0. The Labute approximate surface area is 69.1 Å². The van der Waals surface area contributed by atoms with Crippen LogP contribution >= 0.6 is 0 Å². The molecule has 0 radical (unpaired) electrons. The van der Waals surface area contributed by atoms with Gasteiger partial charge in [-0.2, -0.15) is 0 Å². The van der Waals surface area contributed by atoms with Crippen LogP contribution in [0, 0.1) is 0 Å². The molecule has 1 aliphatic rings. The summed E-state index contributed by atoms with van der Waals surface area (Å²) in [7, 11) is 0. The van der Waals surface area contributed by atoms with E-state index in [1.165, 1.54) is 12.8 Å². The third-order valence-corrected chi connectivity index (χ3v) is 1.11. The zero-order chi connectivity index (χ0) is 5.66. The maximum atomic E-state index is 2.18. The van der Waals surface area contributed by atoms with Gasteiger partial charge in [0.05, 0.1) is 0 Å². The predicted molar refractivity (Wildman–Crippen MR) is 36.7 cm³/mol. The van der Waals surface area contributed by atoms with Gasteiger partial charge in [0, 0.05) is 19.5 Å². The normalized spacial score (nSPS) is 19.6. The summed E-state index contributed by atoms with van der Waals surface area (Å²) in [6, 6.07) is 0. The molecule has 0 nitrogen and oxygen atoms in total. The van der Waals surface area contributed by atoms with E-state index < -0.39 is 0 Å². The van der Waals surface area contributed by atoms with Gasteiger partial charge in [-0.1, -0.05) is 36.5 Å². The molecule has 0 aromatic rings. The van der Waals surface area contributed by atoms with Crippen LogP contribution < -0.4 is 0 Å². The predicted octanol–water partition coefficient (Wildman–Crippen LogP) is 2.45. The van der Waals surface area contributed by atoms with E-state index >= 15 is 0 Å². The monoisotopic (exact) mass is 208 g/mol. The standard InChI is InChI=1S/C8H10.Ru/c1-2-4-6-8-7-5-3-1;/h1-6H,7-8H2;/b2-1?,5-3-,6-4?;. The second-order valence-corrected chi connectivity index (χ2v) is 1.82. The van der Waals surface area contributed by atoms with Crippen LogP contribution in [0.4, 0.5) is 0 Å². The Morgan fingerprint density at radius 3 is 1.56 bits per heavy atom. The van der Waals surface area contributed by atoms with Gasteiger partial charge >= 0.3 is 0 Å². The van der Waals surface area contributed by atoms with Crippen molar-refractivity contribution in [1.82, 2.24) is 0 Å². The third kappa shape index (κ3) is 4.35. The quantitative estimate of drug-likeness (QED) is 0.535. The number of allylic oxidation sites excluding steroid dienone is 6. The van der Waals surface area contributed by atoms with Crippen LogP contribution in [-0.4, -0.2) is 0 Å². The summed E-state index contributed by atoms with van der Waals surface area (Å²) in [5.74, 6) is 0. The van der Waals surface area contributed by atoms with Crippen LogP contribution in [0.1, 0.15) is 12.8 Å². The average Bonchev–Trinajstić information content (AvgIpc) is 1.62. The molecule has 0 unspecified atom stereocenters. The minimum atomic E-state index is 0. The molecule has 0 atom stereocenters. The molecule has 0 saturated heterocycles. The summed E-state index contributed by atoms with van der Waals surface area (Å²) in [5.41, 5.74) is 0. The van der Waals surface area contributed by atoms with Crippen molar-refractivity contribution in [3.8, 4) is 0 Å². The Morgan fingerprint density at radius 2 is 1.11 bits per heavy atom. The van der Waals surface area contributed by atoms with Crippen molar-refractivity contribution in [2.75, 3.05) is 0 Å². The molecule has 0 aromatic carbocycles. The second kappa shape index (κ2) is 5.97. The van der Waals surface area contributed by atoms with Gasteiger partial charge in [-0.25, -0.2) is 0 Å². The van der Waals surface area contributed by atoms with Crippen LogP contribution in [0.25, 0.3) is 0 Å². The van der Waals surface area contributed by atoms with Crippen LogP contribution in [0.3, 0.4) is 0 Å². The van der Waals surface area contributed by atoms with E-state index in [1.807, 2.05) is 0 Å². The van der Waals surface area contributed by atoms with Crippen LogP contribution in [-0.2, 0) is 19.5 Å². The molecule has 0 amide bonds. The molecular weight excluding hydrogens is 197 g/mol. The molecule has 9 heavy (non-hydrogen) atoms. The Bertz CT molecular complexity index is 116. The van der Waals surface area contributed by atoms with E-state index in [9.17, 15) is 0 Å². The Morgan fingerprint density at radius 1 is 0.667 bits per heavy atom. The average molecular weight is 207 g/mol. The molecule has 0 aromatic heterocycles. The van der Waals surface area contributed by atoms with E-state index in [1.54, 1.807) is 0 Å². The first-order valence-electron chi connectivity index (χ1n) is 2.98. The second-order valence-electron chi connectivity index (χ2n) is 1.82. The van der Waals surface area contributed by atoms with Gasteiger partial charge in [-0.05, 0) is 12.8 Å². The fourth-order valence-corrected chi connectivity index (χ4v) is 0.670. The van der Waals surface area contributed by atoms with Crippen molar-refractivity contribution in [1.29, 1.82) is 0 Å². The number of hydrogen-bond donors (Lipinski definition) is 0. The van der Waals surface area contributed by atoms with Crippen molar-refractivity contribution in [3.05, 3.63) is 36.5 Å². The van der Waals surface area contributed by atoms with Crippen molar-refractivity contribution in [2.24, 2.45) is 0 Å². The summed E-state index contributed by atoms with van der Waals surface area (Å²) >= 11 is 0. The van der Waals surface area contributed by atoms with E-state index in [0.717, 1.165) is 0 Å². The van der Waals surface area contributed by atoms with Crippen molar-refractivity contribution >= 4 is 0 Å². The molecule has 1 rings (SSSR count). The Balaban J connectivity index is 0.000000640. The van der Waals surface area contributed by atoms with Crippen LogP contribution in [0.5, 0.6) is 0 Å². The molecule has 0 fully saturated rings. The fourth-order valence-electron chi connectivity index (χ4n) is 0.670. The molecule has 0 saturated carbocycles. The van der Waals surface area contributed by atoms with Crippen molar-refractivity contribution in [3.63, 3.8) is 0 Å².